The van der Waals surface area contributed by atoms with E-state index in [0.29, 0.717) is 40.8 Å². The van der Waals surface area contributed by atoms with Crippen molar-refractivity contribution in [2.45, 2.75) is 19.0 Å². The second-order valence-corrected chi connectivity index (χ2v) is 6.38. The summed E-state index contributed by atoms with van der Waals surface area (Å²) in [6.07, 6.45) is -3.75. The van der Waals surface area contributed by atoms with Gasteiger partial charge in [-0.15, -0.1) is 0 Å². The number of hydrogen-bond acceptors (Lipinski definition) is 2. The van der Waals surface area contributed by atoms with Crippen molar-refractivity contribution in [3.05, 3.63) is 53.1 Å². The van der Waals surface area contributed by atoms with Crippen LogP contribution in [0.15, 0.2) is 36.4 Å². The molecule has 1 amide bonds. The van der Waals surface area contributed by atoms with Crippen molar-refractivity contribution in [2.75, 3.05) is 11.9 Å². The third-order valence-electron chi connectivity index (χ3n) is 4.63. The second kappa shape index (κ2) is 5.88. The molecule has 0 fully saturated rings. The fourth-order valence-electron chi connectivity index (χ4n) is 3.42. The molecule has 1 aliphatic heterocycles. The van der Waals surface area contributed by atoms with Gasteiger partial charge in [0.15, 0.2) is 0 Å². The van der Waals surface area contributed by atoms with Gasteiger partial charge in [-0.25, -0.2) is 0 Å². The maximum atomic E-state index is 13.1. The molecule has 4 nitrogen and oxygen atoms in total. The van der Waals surface area contributed by atoms with Crippen molar-refractivity contribution in [1.29, 1.82) is 0 Å². The molecule has 4 N–H and O–H groups in total. The molecule has 0 aliphatic carbocycles. The summed E-state index contributed by atoms with van der Waals surface area (Å²) in [5, 5.41) is 3.24. The predicted octanol–water partition coefficient (Wildman–Crippen LogP) is 3.85. The van der Waals surface area contributed by atoms with Gasteiger partial charge in [0, 0.05) is 16.5 Å². The van der Waals surface area contributed by atoms with Crippen LogP contribution in [0.5, 0.6) is 0 Å². The molecule has 134 valence electrons. The minimum atomic E-state index is -4.43. The molecule has 0 unspecified atom stereocenters. The van der Waals surface area contributed by atoms with Gasteiger partial charge in [-0.2, -0.15) is 13.2 Å². The number of carbonyl (C=O) groups is 1. The molecule has 0 spiro atoms. The molecule has 3 aromatic rings. The molecule has 0 atom stereocenters. The molecular formula is C19H16F3N3O. The Morgan fingerprint density at radius 3 is 2.65 bits per heavy atom. The molecule has 0 saturated heterocycles. The molecule has 0 bridgehead atoms. The van der Waals surface area contributed by atoms with Crippen LogP contribution in [0.1, 0.15) is 16.7 Å². The van der Waals surface area contributed by atoms with Gasteiger partial charge in [-0.3, -0.25) is 4.79 Å². The first-order valence-electron chi connectivity index (χ1n) is 8.22. The standard InChI is InChI=1S/C19H16F3N3O/c20-19(21,22)11-2-4-15-12(8-11)13-9-17(26)24-16-3-1-10(5-6-23)7-14(16)18(13)25-15/h1-4,7-8,25H,5-6,9,23H2,(H,24,26). The molecule has 4 rings (SSSR count). The first kappa shape index (κ1) is 16.7. The van der Waals surface area contributed by atoms with E-state index in [9.17, 15) is 18.0 Å². The van der Waals surface area contributed by atoms with E-state index in [2.05, 4.69) is 10.3 Å². The summed E-state index contributed by atoms with van der Waals surface area (Å²) in [5.41, 5.74) is 9.12. The quantitative estimate of drug-likeness (QED) is 0.650. The van der Waals surface area contributed by atoms with Crippen LogP contribution in [-0.4, -0.2) is 17.4 Å². The Kier molecular flexibility index (Phi) is 3.77. The first-order chi connectivity index (χ1) is 12.4. The number of H-pyrrole nitrogens is 1. The van der Waals surface area contributed by atoms with Crippen molar-refractivity contribution >= 4 is 22.5 Å². The zero-order valence-corrected chi connectivity index (χ0v) is 13.7. The van der Waals surface area contributed by atoms with Crippen molar-refractivity contribution < 1.29 is 18.0 Å². The summed E-state index contributed by atoms with van der Waals surface area (Å²) in [4.78, 5) is 15.5. The van der Waals surface area contributed by atoms with E-state index >= 15 is 0 Å². The third kappa shape index (κ3) is 2.74. The van der Waals surface area contributed by atoms with Crippen LogP contribution in [-0.2, 0) is 23.8 Å². The lowest BCUT2D eigenvalue weighted by Crippen LogP contribution is -2.12. The Labute approximate surface area is 147 Å². The Morgan fingerprint density at radius 2 is 1.92 bits per heavy atom. The van der Waals surface area contributed by atoms with Gasteiger partial charge < -0.3 is 16.0 Å². The number of fused-ring (bicyclic) bond motifs is 5. The monoisotopic (exact) mass is 359 g/mol. The molecule has 2 aromatic carbocycles. The molecule has 0 radical (unpaired) electrons. The van der Waals surface area contributed by atoms with E-state index in [4.69, 9.17) is 5.73 Å². The zero-order chi connectivity index (χ0) is 18.5. The predicted molar refractivity (Wildman–Crippen MR) is 93.8 cm³/mol. The Morgan fingerprint density at radius 1 is 1.12 bits per heavy atom. The van der Waals surface area contributed by atoms with Crippen LogP contribution < -0.4 is 11.1 Å². The number of amides is 1. The SMILES string of the molecule is NCCc1ccc2c(c1)-c1[nH]c3ccc(C(F)(F)F)cc3c1CC(=O)N2. The summed E-state index contributed by atoms with van der Waals surface area (Å²) >= 11 is 0. The molecule has 7 heteroatoms. The first-order valence-corrected chi connectivity index (χ1v) is 8.22. The van der Waals surface area contributed by atoms with E-state index < -0.39 is 11.7 Å². The van der Waals surface area contributed by atoms with Gasteiger partial charge in [0.1, 0.15) is 0 Å². The summed E-state index contributed by atoms with van der Waals surface area (Å²) in [6.45, 7) is 0.486. The van der Waals surface area contributed by atoms with Gasteiger partial charge in [0.25, 0.3) is 0 Å². The van der Waals surface area contributed by atoms with Crippen molar-refractivity contribution in [2.24, 2.45) is 5.73 Å². The van der Waals surface area contributed by atoms with Crippen molar-refractivity contribution in [3.8, 4) is 11.3 Å². The van der Waals surface area contributed by atoms with Crippen molar-refractivity contribution in [3.63, 3.8) is 0 Å². The fraction of sp³-hybridized carbons (Fsp3) is 0.211. The average Bonchev–Trinajstić information content (AvgIpc) is 2.86. The highest BCUT2D eigenvalue weighted by Crippen LogP contribution is 2.40. The minimum absolute atomic E-state index is 0.0115. The molecular weight excluding hydrogens is 343 g/mol. The number of aromatic amines is 1. The number of aromatic nitrogens is 1. The second-order valence-electron chi connectivity index (χ2n) is 6.38. The van der Waals surface area contributed by atoms with E-state index in [-0.39, 0.29) is 12.3 Å². The topological polar surface area (TPSA) is 70.9 Å². The maximum absolute atomic E-state index is 13.1. The lowest BCUT2D eigenvalue weighted by Gasteiger charge is -2.09. The van der Waals surface area contributed by atoms with Gasteiger partial charge >= 0.3 is 6.18 Å². The number of carbonyl (C=O) groups excluding carboxylic acids is 1. The number of benzene rings is 2. The number of hydrogen-bond donors (Lipinski definition) is 3. The fourth-order valence-corrected chi connectivity index (χ4v) is 3.42. The largest absolute Gasteiger partial charge is 0.416 e. The number of alkyl halides is 3. The molecule has 1 aliphatic rings. The van der Waals surface area contributed by atoms with Crippen LogP contribution >= 0.6 is 0 Å². The lowest BCUT2D eigenvalue weighted by atomic mass is 9.99. The van der Waals surface area contributed by atoms with Crippen molar-refractivity contribution in [1.82, 2.24) is 4.98 Å². The number of nitrogens with one attached hydrogen (secondary N) is 2. The molecule has 26 heavy (non-hydrogen) atoms. The van der Waals surface area contributed by atoms with Gasteiger partial charge in [-0.05, 0) is 54.4 Å². The maximum Gasteiger partial charge on any atom is 0.416 e. The van der Waals surface area contributed by atoms with E-state index in [0.717, 1.165) is 23.3 Å². The summed E-state index contributed by atoms with van der Waals surface area (Å²) < 4.78 is 39.3. The molecule has 1 aromatic heterocycles. The van der Waals surface area contributed by atoms with Gasteiger partial charge in [-0.1, -0.05) is 6.07 Å². The van der Waals surface area contributed by atoms with Gasteiger partial charge in [0.2, 0.25) is 5.91 Å². The van der Waals surface area contributed by atoms with E-state index in [1.165, 1.54) is 6.07 Å². The summed E-state index contributed by atoms with van der Waals surface area (Å²) in [6, 6.07) is 9.18. The van der Waals surface area contributed by atoms with Crippen LogP contribution in [0.3, 0.4) is 0 Å². The Hall–Kier alpha value is -2.80. The van der Waals surface area contributed by atoms with Crippen LogP contribution in [0.25, 0.3) is 22.2 Å². The highest BCUT2D eigenvalue weighted by molar-refractivity contribution is 6.05. The average molecular weight is 359 g/mol. The minimum Gasteiger partial charge on any atom is -0.354 e. The summed E-state index contributed by atoms with van der Waals surface area (Å²) in [5.74, 6) is -0.255. The van der Waals surface area contributed by atoms with Crippen LogP contribution in [0.4, 0.5) is 18.9 Å². The van der Waals surface area contributed by atoms with E-state index in [1.54, 1.807) is 6.07 Å². The number of rotatable bonds is 2. The molecule has 0 saturated carbocycles. The smallest absolute Gasteiger partial charge is 0.354 e. The van der Waals surface area contributed by atoms with E-state index in [1.807, 2.05) is 12.1 Å². The highest BCUT2D eigenvalue weighted by Gasteiger charge is 2.32. The summed E-state index contributed by atoms with van der Waals surface area (Å²) in [7, 11) is 0. The highest BCUT2D eigenvalue weighted by atomic mass is 19.4. The van der Waals surface area contributed by atoms with Gasteiger partial charge in [0.05, 0.1) is 23.4 Å². The Balaban J connectivity index is 1.97. The molecule has 2 heterocycles. The van der Waals surface area contributed by atoms with Crippen LogP contribution in [0, 0.1) is 0 Å². The lowest BCUT2D eigenvalue weighted by molar-refractivity contribution is -0.137. The number of halogens is 3. The third-order valence-corrected chi connectivity index (χ3v) is 4.63. The van der Waals surface area contributed by atoms with Crippen LogP contribution in [0.2, 0.25) is 0 Å². The zero-order valence-electron chi connectivity index (χ0n) is 13.7. The number of anilines is 1. The normalized spacial score (nSPS) is 13.9. The Bertz CT molecular complexity index is 1020. The number of nitrogens with two attached hydrogens (primary N) is 1.